The van der Waals surface area contributed by atoms with Crippen LogP contribution in [0.3, 0.4) is 0 Å². The average Bonchev–Trinajstić information content (AvgIpc) is 2.76. The molecule has 0 bridgehead atoms. The summed E-state index contributed by atoms with van der Waals surface area (Å²) >= 11 is 0. The molecule has 34 heavy (non-hydrogen) atoms. The Morgan fingerprint density at radius 3 is 1.76 bits per heavy atom. The summed E-state index contributed by atoms with van der Waals surface area (Å²) < 4.78 is 5.27. The first-order valence-electron chi connectivity index (χ1n) is 12.2. The van der Waals surface area contributed by atoms with E-state index in [1.165, 1.54) is 0 Å². The molecule has 1 aromatic carbocycles. The first-order chi connectivity index (χ1) is 16.0. The Kier molecular flexibility index (Phi) is 13.3. The van der Waals surface area contributed by atoms with Gasteiger partial charge in [-0.15, -0.1) is 0 Å². The number of alkyl carbamates (subject to hydrolysis) is 1. The third kappa shape index (κ3) is 12.0. The molecule has 0 unspecified atom stereocenters. The van der Waals surface area contributed by atoms with Crippen LogP contribution in [0.2, 0.25) is 0 Å². The maximum Gasteiger partial charge on any atom is 0.408 e. The molecular formula is C26H43N3O5. The smallest absolute Gasteiger partial charge is 0.408 e. The predicted octanol–water partition coefficient (Wildman–Crippen LogP) is 3.38. The predicted molar refractivity (Wildman–Crippen MR) is 133 cm³/mol. The Morgan fingerprint density at radius 2 is 1.26 bits per heavy atom. The molecule has 0 saturated carbocycles. The molecule has 0 heterocycles. The molecule has 0 spiro atoms. The summed E-state index contributed by atoms with van der Waals surface area (Å²) in [5.74, 6) is -0.183. The van der Waals surface area contributed by atoms with Gasteiger partial charge < -0.3 is 25.8 Å². The van der Waals surface area contributed by atoms with Crippen LogP contribution in [0.25, 0.3) is 0 Å². The van der Waals surface area contributed by atoms with Crippen molar-refractivity contribution in [1.82, 2.24) is 16.0 Å². The second-order valence-electron chi connectivity index (χ2n) is 10.1. The van der Waals surface area contributed by atoms with Gasteiger partial charge in [0.15, 0.2) is 0 Å². The molecule has 0 aliphatic carbocycles. The van der Waals surface area contributed by atoms with Gasteiger partial charge in [0.1, 0.15) is 18.7 Å². The molecule has 1 aromatic rings. The summed E-state index contributed by atoms with van der Waals surface area (Å²) in [4.78, 5) is 38.4. The number of carbonyl (C=O) groups is 3. The lowest BCUT2D eigenvalue weighted by Crippen LogP contribution is -2.56. The van der Waals surface area contributed by atoms with Crippen molar-refractivity contribution >= 4 is 17.9 Å². The maximum atomic E-state index is 13.1. The second-order valence-corrected chi connectivity index (χ2v) is 10.1. The van der Waals surface area contributed by atoms with E-state index in [4.69, 9.17) is 4.74 Å². The third-order valence-electron chi connectivity index (χ3n) is 5.19. The van der Waals surface area contributed by atoms with Crippen LogP contribution in [0.15, 0.2) is 30.3 Å². The standard InChI is InChI=1S/C26H43N3O5/c1-17(2)12-21(15-30)27-24(31)22(13-18(3)4)28-25(32)23(14-19(5)6)29-26(33)34-16-20-10-8-7-9-11-20/h7-11,17-19,21-23,30H,12-16H2,1-6H3,(H,27,31)(H,28,32)(H,29,33)/t21-,22-,23-/m0/s1. The lowest BCUT2D eigenvalue weighted by molar-refractivity contribution is -0.131. The first-order valence-corrected chi connectivity index (χ1v) is 12.2. The third-order valence-corrected chi connectivity index (χ3v) is 5.19. The summed E-state index contributed by atoms with van der Waals surface area (Å²) in [6.07, 6.45) is 0.779. The van der Waals surface area contributed by atoms with Crippen molar-refractivity contribution in [3.8, 4) is 0 Å². The molecule has 1 rings (SSSR count). The lowest BCUT2D eigenvalue weighted by atomic mass is 9.99. The molecule has 3 amide bonds. The van der Waals surface area contributed by atoms with Crippen molar-refractivity contribution in [2.75, 3.05) is 6.61 Å². The van der Waals surface area contributed by atoms with Crippen LogP contribution in [-0.2, 0) is 20.9 Å². The average molecular weight is 478 g/mol. The highest BCUT2D eigenvalue weighted by Gasteiger charge is 2.29. The van der Waals surface area contributed by atoms with Crippen molar-refractivity contribution in [3.05, 3.63) is 35.9 Å². The summed E-state index contributed by atoms with van der Waals surface area (Å²) in [5, 5.41) is 17.9. The minimum absolute atomic E-state index is 0.0967. The van der Waals surface area contributed by atoms with E-state index in [-0.39, 0.29) is 37.0 Å². The number of rotatable bonds is 14. The minimum atomic E-state index is -0.838. The van der Waals surface area contributed by atoms with E-state index in [0.717, 1.165) is 5.56 Å². The molecule has 0 aliphatic rings. The largest absolute Gasteiger partial charge is 0.445 e. The highest BCUT2D eigenvalue weighted by Crippen LogP contribution is 2.11. The molecule has 0 aliphatic heterocycles. The van der Waals surface area contributed by atoms with E-state index in [1.54, 1.807) is 0 Å². The molecule has 3 atom stereocenters. The minimum Gasteiger partial charge on any atom is -0.445 e. The van der Waals surface area contributed by atoms with Crippen molar-refractivity contribution in [1.29, 1.82) is 0 Å². The summed E-state index contributed by atoms with van der Waals surface area (Å²) in [5.41, 5.74) is 0.844. The van der Waals surface area contributed by atoms with Gasteiger partial charge in [0.2, 0.25) is 11.8 Å². The molecular weight excluding hydrogens is 434 g/mol. The maximum absolute atomic E-state index is 13.1. The number of benzene rings is 1. The fraction of sp³-hybridized carbons (Fsp3) is 0.654. The number of aliphatic hydroxyl groups excluding tert-OH is 1. The van der Waals surface area contributed by atoms with Gasteiger partial charge in [-0.2, -0.15) is 0 Å². The number of ether oxygens (including phenoxy) is 1. The van der Waals surface area contributed by atoms with Crippen LogP contribution in [0, 0.1) is 17.8 Å². The van der Waals surface area contributed by atoms with Crippen molar-refractivity contribution < 1.29 is 24.2 Å². The zero-order chi connectivity index (χ0) is 25.7. The van der Waals surface area contributed by atoms with Crippen LogP contribution < -0.4 is 16.0 Å². The van der Waals surface area contributed by atoms with Crippen LogP contribution in [0.5, 0.6) is 0 Å². The quantitative estimate of drug-likeness (QED) is 0.328. The Bertz CT molecular complexity index is 752. The molecule has 0 aromatic heterocycles. The molecule has 8 heteroatoms. The Labute approximate surface area is 204 Å². The van der Waals surface area contributed by atoms with Gasteiger partial charge in [0.05, 0.1) is 12.6 Å². The van der Waals surface area contributed by atoms with Crippen molar-refractivity contribution in [2.45, 2.75) is 85.5 Å². The summed E-state index contributed by atoms with van der Waals surface area (Å²) in [6.45, 7) is 11.8. The first kappa shape index (κ1) is 29.4. The number of aliphatic hydroxyl groups is 1. The van der Waals surface area contributed by atoms with E-state index in [1.807, 2.05) is 71.9 Å². The van der Waals surface area contributed by atoms with Gasteiger partial charge in [0.25, 0.3) is 0 Å². The molecule has 0 fully saturated rings. The molecule has 0 saturated heterocycles. The highest BCUT2D eigenvalue weighted by molar-refractivity contribution is 5.91. The molecule has 0 radical (unpaired) electrons. The van der Waals surface area contributed by atoms with E-state index >= 15 is 0 Å². The van der Waals surface area contributed by atoms with Gasteiger partial charge in [-0.25, -0.2) is 4.79 Å². The fourth-order valence-corrected chi connectivity index (χ4v) is 3.64. The van der Waals surface area contributed by atoms with E-state index in [0.29, 0.717) is 25.2 Å². The highest BCUT2D eigenvalue weighted by atomic mass is 16.5. The van der Waals surface area contributed by atoms with Crippen LogP contribution in [-0.4, -0.2) is 47.7 Å². The number of hydrogen-bond donors (Lipinski definition) is 4. The molecule has 8 nitrogen and oxygen atoms in total. The Morgan fingerprint density at radius 1 is 0.765 bits per heavy atom. The van der Waals surface area contributed by atoms with Crippen LogP contribution in [0.4, 0.5) is 4.79 Å². The zero-order valence-electron chi connectivity index (χ0n) is 21.5. The topological polar surface area (TPSA) is 117 Å². The number of hydrogen-bond acceptors (Lipinski definition) is 5. The lowest BCUT2D eigenvalue weighted by Gasteiger charge is -2.27. The Balaban J connectivity index is 2.83. The fourth-order valence-electron chi connectivity index (χ4n) is 3.64. The zero-order valence-corrected chi connectivity index (χ0v) is 21.5. The van der Waals surface area contributed by atoms with Crippen LogP contribution >= 0.6 is 0 Å². The van der Waals surface area contributed by atoms with Gasteiger partial charge >= 0.3 is 6.09 Å². The summed E-state index contributed by atoms with van der Waals surface area (Å²) in [7, 11) is 0. The van der Waals surface area contributed by atoms with Crippen molar-refractivity contribution in [2.24, 2.45) is 17.8 Å². The number of carbonyl (C=O) groups excluding carboxylic acids is 3. The van der Waals surface area contributed by atoms with E-state index in [2.05, 4.69) is 16.0 Å². The molecule has 192 valence electrons. The summed E-state index contributed by atoms with van der Waals surface area (Å²) in [6, 6.07) is 7.29. The van der Waals surface area contributed by atoms with Gasteiger partial charge in [-0.1, -0.05) is 71.9 Å². The van der Waals surface area contributed by atoms with Crippen LogP contribution in [0.1, 0.15) is 66.4 Å². The van der Waals surface area contributed by atoms with Crippen molar-refractivity contribution in [3.63, 3.8) is 0 Å². The second kappa shape index (κ2) is 15.3. The van der Waals surface area contributed by atoms with Gasteiger partial charge in [-0.05, 0) is 42.6 Å². The SMILES string of the molecule is CC(C)C[C@@H](CO)NC(=O)[C@H](CC(C)C)NC(=O)[C@H](CC(C)C)NC(=O)OCc1ccccc1. The normalized spacial score (nSPS) is 13.9. The molecule has 4 N–H and O–H groups in total. The number of amides is 3. The van der Waals surface area contributed by atoms with Gasteiger partial charge in [0, 0.05) is 0 Å². The van der Waals surface area contributed by atoms with E-state index < -0.39 is 24.1 Å². The monoisotopic (exact) mass is 477 g/mol. The van der Waals surface area contributed by atoms with E-state index in [9.17, 15) is 19.5 Å². The number of nitrogens with one attached hydrogen (secondary N) is 3. The van der Waals surface area contributed by atoms with Gasteiger partial charge in [-0.3, -0.25) is 9.59 Å². The Hall–Kier alpha value is -2.61.